The number of hydrogen-bond donors (Lipinski definition) is 0. The first-order valence-corrected chi connectivity index (χ1v) is 29.2. The van der Waals surface area contributed by atoms with Crippen molar-refractivity contribution in [3.8, 4) is 0 Å². The molecule has 0 spiro atoms. The normalized spacial score (nSPS) is 12.1. The Hall–Kier alpha value is -0.562. The van der Waals surface area contributed by atoms with Crippen LogP contribution in [0.5, 0.6) is 0 Å². The molecule has 35 heavy (non-hydrogen) atoms. The fraction of sp³-hybridized carbons (Fsp3) is 0.143. The summed E-state index contributed by atoms with van der Waals surface area (Å²) in [5.74, 6) is -1.87. The van der Waals surface area contributed by atoms with Crippen LogP contribution in [0, 0.1) is 0 Å². The van der Waals surface area contributed by atoms with E-state index >= 15 is 0 Å². The van der Waals surface area contributed by atoms with Crippen molar-refractivity contribution in [1.29, 1.82) is 0 Å². The zero-order valence-electron chi connectivity index (χ0n) is 19.9. The third-order valence-corrected chi connectivity index (χ3v) is 18.0. The Balaban J connectivity index is 0.000000795. The van der Waals surface area contributed by atoms with Crippen molar-refractivity contribution >= 4 is 75.8 Å². The summed E-state index contributed by atoms with van der Waals surface area (Å²) in [5.41, 5.74) is 0. The molecule has 4 rings (SSSR count). The molecule has 0 aliphatic carbocycles. The van der Waals surface area contributed by atoms with E-state index in [1.807, 2.05) is 0 Å². The third kappa shape index (κ3) is 6.48. The van der Waals surface area contributed by atoms with E-state index in [0.29, 0.717) is 0 Å². The van der Waals surface area contributed by atoms with E-state index in [9.17, 15) is 0 Å². The molecule has 182 valence electrons. The van der Waals surface area contributed by atoms with Crippen molar-refractivity contribution in [2.45, 2.75) is 0 Å². The summed E-state index contributed by atoms with van der Waals surface area (Å²) >= 11 is 0.426. The molecule has 0 fully saturated rings. The van der Waals surface area contributed by atoms with Gasteiger partial charge >= 0.3 is 234 Å². The molecular formula is C28H30P2S4W. The fourth-order valence-electron chi connectivity index (χ4n) is 4.45. The Morgan fingerprint density at radius 3 is 1.06 bits per heavy atom. The Labute approximate surface area is 232 Å². The van der Waals surface area contributed by atoms with E-state index in [1.165, 1.54) is 27.4 Å². The molecule has 0 radical (unpaired) electrons. The van der Waals surface area contributed by atoms with Gasteiger partial charge in [-0.25, -0.2) is 0 Å². The van der Waals surface area contributed by atoms with Crippen LogP contribution in [0.1, 0.15) is 0 Å². The monoisotopic (exact) mass is 740 g/mol. The maximum absolute atomic E-state index is 4.44. The van der Waals surface area contributed by atoms with Crippen molar-refractivity contribution in [2.75, 3.05) is 25.2 Å². The average Bonchev–Trinajstić information content (AvgIpc) is 2.89. The Morgan fingerprint density at radius 2 is 0.829 bits per heavy atom. The van der Waals surface area contributed by atoms with Gasteiger partial charge in [-0.1, -0.05) is 0 Å². The van der Waals surface area contributed by atoms with Gasteiger partial charge in [-0.05, 0) is 0 Å². The Kier molecular flexibility index (Phi) is 11.5. The first-order chi connectivity index (χ1) is 16.9. The minimum atomic E-state index is -3.02. The topological polar surface area (TPSA) is 0 Å². The first kappa shape index (κ1) is 29.0. The van der Waals surface area contributed by atoms with Crippen LogP contribution in [0.4, 0.5) is 0 Å². The van der Waals surface area contributed by atoms with E-state index in [-0.39, 0.29) is 7.92 Å². The third-order valence-electron chi connectivity index (χ3n) is 5.88. The van der Waals surface area contributed by atoms with Gasteiger partial charge in [0.2, 0.25) is 0 Å². The van der Waals surface area contributed by atoms with Crippen LogP contribution in [-0.4, -0.2) is 25.2 Å². The summed E-state index contributed by atoms with van der Waals surface area (Å²) < 4.78 is 0. The van der Waals surface area contributed by atoms with Crippen molar-refractivity contribution < 1.29 is 11.9 Å². The molecule has 0 N–H and O–H groups in total. The van der Waals surface area contributed by atoms with Gasteiger partial charge in [0.05, 0.1) is 0 Å². The van der Waals surface area contributed by atoms with E-state index < -0.39 is 17.7 Å². The zero-order valence-corrected chi connectivity index (χ0v) is 27.9. The van der Waals surface area contributed by atoms with Crippen molar-refractivity contribution in [1.82, 2.24) is 0 Å². The predicted molar refractivity (Wildman–Crippen MR) is 170 cm³/mol. The summed E-state index contributed by atoms with van der Waals surface area (Å²) in [4.78, 5) is 0. The zero-order chi connectivity index (χ0) is 25.2. The van der Waals surface area contributed by atoms with Crippen LogP contribution in [-0.2, 0) is 11.9 Å². The molecule has 0 nitrogen and oxygen atoms in total. The van der Waals surface area contributed by atoms with Crippen molar-refractivity contribution in [3.63, 3.8) is 0 Å². The van der Waals surface area contributed by atoms with Crippen molar-refractivity contribution in [3.05, 3.63) is 121 Å². The summed E-state index contributed by atoms with van der Waals surface area (Å²) in [5, 5.41) is 5.72. The molecule has 4 aromatic carbocycles. The van der Waals surface area contributed by atoms with Gasteiger partial charge in [-0.2, -0.15) is 0 Å². The molecule has 7 heteroatoms. The van der Waals surface area contributed by atoms with Gasteiger partial charge in [-0.15, -0.1) is 0 Å². The van der Waals surface area contributed by atoms with E-state index in [1.54, 1.807) is 0 Å². The molecule has 0 amide bonds. The average molecular weight is 741 g/mol. The number of hydrogen-bond acceptors (Lipinski definition) is 4. The maximum atomic E-state index is 4.44. The van der Waals surface area contributed by atoms with Crippen LogP contribution in [0.15, 0.2) is 121 Å². The van der Waals surface area contributed by atoms with Gasteiger partial charge in [0.15, 0.2) is 0 Å². The molecule has 0 aromatic heterocycles. The second kappa shape index (κ2) is 13.8. The van der Waals surface area contributed by atoms with Gasteiger partial charge in [0.1, 0.15) is 0 Å². The van der Waals surface area contributed by atoms with E-state index in [4.69, 9.17) is 0 Å². The summed E-state index contributed by atoms with van der Waals surface area (Å²) in [6, 6.07) is 45.1. The molecular weight excluding hydrogens is 710 g/mol. The molecule has 0 atom stereocenters. The van der Waals surface area contributed by atoms with Gasteiger partial charge in [-0.3, -0.25) is 0 Å². The van der Waals surface area contributed by atoms with Crippen LogP contribution in [0.2, 0.25) is 0 Å². The molecule has 0 aliphatic rings. The van der Waals surface area contributed by atoms with Crippen LogP contribution >= 0.6 is 54.6 Å². The minimum absolute atomic E-state index is 0.0486. The fourth-order valence-corrected chi connectivity index (χ4v) is 17.0. The molecule has 0 bridgehead atoms. The molecule has 0 saturated heterocycles. The van der Waals surface area contributed by atoms with Crippen molar-refractivity contribution in [2.24, 2.45) is 0 Å². The standard InChI is InChI=1S/C28H30P2S.3S.W/c1-29(2)23-24-31-30(25-15-7-3-8-16-25,26-17-9-4-10-18-26,27-19-11-5-12-20-27)28-21-13-6-14-22-28;;;;/h3-22H,23-24H2,1-2H3;;;;. The van der Waals surface area contributed by atoms with Gasteiger partial charge in [0.25, 0.3) is 0 Å². The van der Waals surface area contributed by atoms with E-state index in [2.05, 4.69) is 176 Å². The van der Waals surface area contributed by atoms with Crippen LogP contribution in [0.3, 0.4) is 0 Å². The SMILES string of the molecule is CP(C)CCSP(c1ccccc1)(c1ccccc1)(c1ccccc1)c1ccccc1.[S]=[W](=[S])=[S]. The van der Waals surface area contributed by atoms with Crippen LogP contribution < -0.4 is 21.2 Å². The van der Waals surface area contributed by atoms with E-state index in [0.717, 1.165) is 5.75 Å². The quantitative estimate of drug-likeness (QED) is 0.167. The number of benzene rings is 4. The summed E-state index contributed by atoms with van der Waals surface area (Å²) in [6.07, 6.45) is 1.26. The van der Waals surface area contributed by atoms with Gasteiger partial charge < -0.3 is 0 Å². The molecule has 4 aromatic rings. The van der Waals surface area contributed by atoms with Crippen LogP contribution in [0.25, 0.3) is 0 Å². The molecule has 0 heterocycles. The Bertz CT molecular complexity index is 1120. The molecule has 0 aliphatic heterocycles. The summed E-state index contributed by atoms with van der Waals surface area (Å²) in [7, 11) is 13.4. The molecule has 0 unspecified atom stereocenters. The second-order valence-electron chi connectivity index (χ2n) is 8.22. The Morgan fingerprint density at radius 1 is 0.571 bits per heavy atom. The van der Waals surface area contributed by atoms with Gasteiger partial charge in [0, 0.05) is 0 Å². The second-order valence-corrected chi connectivity index (χ2v) is 33.4. The number of rotatable bonds is 8. The molecule has 0 saturated carbocycles. The first-order valence-electron chi connectivity index (χ1n) is 11.2. The predicted octanol–water partition coefficient (Wildman–Crippen LogP) is 8.17. The summed E-state index contributed by atoms with van der Waals surface area (Å²) in [6.45, 7) is 4.78.